The predicted octanol–water partition coefficient (Wildman–Crippen LogP) is 3.54. The van der Waals surface area contributed by atoms with E-state index in [1.165, 1.54) is 0 Å². The van der Waals surface area contributed by atoms with Gasteiger partial charge in [-0.1, -0.05) is 0 Å². The lowest BCUT2D eigenvalue weighted by Crippen LogP contribution is -2.35. The van der Waals surface area contributed by atoms with E-state index in [1.54, 1.807) is 12.4 Å². The number of nitrogens with zero attached hydrogens (tertiary/aromatic N) is 1. The van der Waals surface area contributed by atoms with Crippen molar-refractivity contribution < 1.29 is 14.3 Å². The monoisotopic (exact) mass is 381 g/mol. The second-order valence-corrected chi connectivity index (χ2v) is 7.07. The fourth-order valence-electron chi connectivity index (χ4n) is 3.50. The molecule has 1 aromatic heterocycles. The molecule has 1 saturated carbocycles. The van der Waals surface area contributed by atoms with Crippen molar-refractivity contribution in [2.45, 2.75) is 39.2 Å². The first-order valence-corrected chi connectivity index (χ1v) is 9.86. The van der Waals surface area contributed by atoms with Crippen molar-refractivity contribution in [3.63, 3.8) is 0 Å². The molecule has 0 radical (unpaired) electrons. The van der Waals surface area contributed by atoms with Gasteiger partial charge in [0, 0.05) is 36.5 Å². The molecule has 6 nitrogen and oxygen atoms in total. The number of amides is 2. The molecule has 0 unspecified atom stereocenters. The maximum absolute atomic E-state index is 12.5. The molecule has 2 aromatic rings. The Kier molecular flexibility index (Phi) is 7.00. The van der Waals surface area contributed by atoms with Gasteiger partial charge in [0.2, 0.25) is 11.8 Å². The standard InChI is InChI=1S/C22H27N3O3/c1-2-28-20-9-7-19(8-10-20)25-22(27)18-5-3-17(4-6-18)21(26)24-15-16-11-13-23-14-12-16/h7-14,17-18H,2-6,15H2,1H3,(H,24,26)(H,25,27). The Morgan fingerprint density at radius 1 is 0.964 bits per heavy atom. The molecule has 1 aliphatic rings. The largest absolute Gasteiger partial charge is 0.494 e. The first kappa shape index (κ1) is 19.9. The third kappa shape index (κ3) is 5.55. The number of benzene rings is 1. The zero-order valence-corrected chi connectivity index (χ0v) is 16.2. The lowest BCUT2D eigenvalue weighted by atomic mass is 9.81. The highest BCUT2D eigenvalue weighted by atomic mass is 16.5. The molecule has 1 aromatic carbocycles. The van der Waals surface area contributed by atoms with Gasteiger partial charge in [-0.3, -0.25) is 14.6 Å². The van der Waals surface area contributed by atoms with Gasteiger partial charge >= 0.3 is 0 Å². The van der Waals surface area contributed by atoms with Crippen LogP contribution in [0, 0.1) is 11.8 Å². The fraction of sp³-hybridized carbons (Fsp3) is 0.409. The number of pyridine rings is 1. The van der Waals surface area contributed by atoms with Crippen molar-refractivity contribution in [3.05, 3.63) is 54.4 Å². The van der Waals surface area contributed by atoms with Gasteiger partial charge in [-0.05, 0) is 74.6 Å². The van der Waals surface area contributed by atoms with E-state index in [0.29, 0.717) is 13.2 Å². The van der Waals surface area contributed by atoms with Gasteiger partial charge in [-0.15, -0.1) is 0 Å². The lowest BCUT2D eigenvalue weighted by Gasteiger charge is -2.27. The van der Waals surface area contributed by atoms with Crippen LogP contribution >= 0.6 is 0 Å². The number of carbonyl (C=O) groups is 2. The quantitative estimate of drug-likeness (QED) is 0.769. The summed E-state index contributed by atoms with van der Waals surface area (Å²) in [7, 11) is 0. The van der Waals surface area contributed by atoms with Crippen molar-refractivity contribution in [2.24, 2.45) is 11.8 Å². The molecule has 3 rings (SSSR count). The maximum Gasteiger partial charge on any atom is 0.227 e. The number of rotatable bonds is 7. The average molecular weight is 381 g/mol. The predicted molar refractivity (Wildman–Crippen MR) is 108 cm³/mol. The Labute approximate surface area is 165 Å². The minimum absolute atomic E-state index is 0.0173. The summed E-state index contributed by atoms with van der Waals surface area (Å²) in [6, 6.07) is 11.2. The second-order valence-electron chi connectivity index (χ2n) is 7.07. The molecule has 0 spiro atoms. The SMILES string of the molecule is CCOc1ccc(NC(=O)C2CCC(C(=O)NCc3ccncc3)CC2)cc1. The summed E-state index contributed by atoms with van der Waals surface area (Å²) in [5.41, 5.74) is 1.80. The van der Waals surface area contributed by atoms with Gasteiger partial charge in [-0.25, -0.2) is 0 Å². The van der Waals surface area contributed by atoms with Gasteiger partial charge in [0.15, 0.2) is 0 Å². The number of anilines is 1. The summed E-state index contributed by atoms with van der Waals surface area (Å²) >= 11 is 0. The number of hydrogen-bond acceptors (Lipinski definition) is 4. The van der Waals surface area contributed by atoms with Gasteiger partial charge < -0.3 is 15.4 Å². The molecule has 2 amide bonds. The Balaban J connectivity index is 1.42. The molecule has 6 heteroatoms. The summed E-state index contributed by atoms with van der Waals surface area (Å²) in [5.74, 6) is 0.827. The van der Waals surface area contributed by atoms with Crippen LogP contribution < -0.4 is 15.4 Å². The number of ether oxygens (including phenoxy) is 1. The van der Waals surface area contributed by atoms with Crippen molar-refractivity contribution in [1.82, 2.24) is 10.3 Å². The molecular weight excluding hydrogens is 354 g/mol. The van der Waals surface area contributed by atoms with E-state index in [0.717, 1.165) is 42.7 Å². The Morgan fingerprint density at radius 3 is 2.18 bits per heavy atom. The molecule has 0 bridgehead atoms. The van der Waals surface area contributed by atoms with Crippen molar-refractivity contribution >= 4 is 17.5 Å². The second kappa shape index (κ2) is 9.88. The zero-order chi connectivity index (χ0) is 19.8. The first-order valence-electron chi connectivity index (χ1n) is 9.86. The molecule has 0 saturated heterocycles. The van der Waals surface area contributed by atoms with Crippen molar-refractivity contribution in [2.75, 3.05) is 11.9 Å². The number of carbonyl (C=O) groups excluding carboxylic acids is 2. The smallest absolute Gasteiger partial charge is 0.227 e. The van der Waals surface area contributed by atoms with Gasteiger partial charge in [0.1, 0.15) is 5.75 Å². The van der Waals surface area contributed by atoms with Crippen LogP contribution in [0.4, 0.5) is 5.69 Å². The summed E-state index contributed by atoms with van der Waals surface area (Å²) < 4.78 is 5.41. The molecular formula is C22H27N3O3. The minimum Gasteiger partial charge on any atom is -0.494 e. The summed E-state index contributed by atoms with van der Waals surface area (Å²) in [5, 5.41) is 5.96. The van der Waals surface area contributed by atoms with Crippen LogP contribution in [0.5, 0.6) is 5.75 Å². The summed E-state index contributed by atoms with van der Waals surface area (Å²) in [6.45, 7) is 3.07. The fourth-order valence-corrected chi connectivity index (χ4v) is 3.50. The third-order valence-corrected chi connectivity index (χ3v) is 5.12. The van der Waals surface area contributed by atoms with Crippen molar-refractivity contribution in [3.8, 4) is 5.75 Å². The van der Waals surface area contributed by atoms with E-state index in [2.05, 4.69) is 15.6 Å². The Hall–Kier alpha value is -2.89. The lowest BCUT2D eigenvalue weighted by molar-refractivity contribution is -0.128. The molecule has 2 N–H and O–H groups in total. The molecule has 28 heavy (non-hydrogen) atoms. The molecule has 148 valence electrons. The summed E-state index contributed by atoms with van der Waals surface area (Å²) in [4.78, 5) is 28.9. The maximum atomic E-state index is 12.5. The van der Waals surface area contributed by atoms with E-state index < -0.39 is 0 Å². The van der Waals surface area contributed by atoms with Crippen LogP contribution in [0.1, 0.15) is 38.2 Å². The van der Waals surface area contributed by atoms with Crippen LogP contribution in [-0.4, -0.2) is 23.4 Å². The van der Waals surface area contributed by atoms with E-state index in [1.807, 2.05) is 43.3 Å². The highest BCUT2D eigenvalue weighted by molar-refractivity contribution is 5.92. The molecule has 1 fully saturated rings. The molecule has 1 heterocycles. The van der Waals surface area contributed by atoms with Crippen LogP contribution in [-0.2, 0) is 16.1 Å². The zero-order valence-electron chi connectivity index (χ0n) is 16.2. The number of aromatic nitrogens is 1. The highest BCUT2D eigenvalue weighted by Gasteiger charge is 2.29. The molecule has 1 aliphatic carbocycles. The van der Waals surface area contributed by atoms with E-state index in [9.17, 15) is 9.59 Å². The van der Waals surface area contributed by atoms with Gasteiger partial charge in [0.05, 0.1) is 6.61 Å². The average Bonchev–Trinajstić information content (AvgIpc) is 2.74. The number of hydrogen-bond donors (Lipinski definition) is 2. The topological polar surface area (TPSA) is 80.3 Å². The Morgan fingerprint density at radius 2 is 1.57 bits per heavy atom. The summed E-state index contributed by atoms with van der Waals surface area (Å²) in [6.07, 6.45) is 6.38. The Bertz CT molecular complexity index is 769. The first-order chi connectivity index (χ1) is 13.7. The highest BCUT2D eigenvalue weighted by Crippen LogP contribution is 2.30. The molecule has 0 atom stereocenters. The van der Waals surface area contributed by atoms with Gasteiger partial charge in [0.25, 0.3) is 0 Å². The van der Waals surface area contributed by atoms with Crippen LogP contribution in [0.3, 0.4) is 0 Å². The van der Waals surface area contributed by atoms with Crippen LogP contribution in [0.2, 0.25) is 0 Å². The van der Waals surface area contributed by atoms with Crippen LogP contribution in [0.15, 0.2) is 48.8 Å². The third-order valence-electron chi connectivity index (χ3n) is 5.12. The molecule has 0 aliphatic heterocycles. The van der Waals surface area contributed by atoms with Crippen molar-refractivity contribution in [1.29, 1.82) is 0 Å². The van der Waals surface area contributed by atoms with Gasteiger partial charge in [-0.2, -0.15) is 0 Å². The normalized spacial score (nSPS) is 18.9. The van der Waals surface area contributed by atoms with E-state index in [4.69, 9.17) is 4.74 Å². The van der Waals surface area contributed by atoms with Crippen LogP contribution in [0.25, 0.3) is 0 Å². The van der Waals surface area contributed by atoms with E-state index >= 15 is 0 Å². The van der Waals surface area contributed by atoms with E-state index in [-0.39, 0.29) is 23.7 Å². The number of nitrogens with one attached hydrogen (secondary N) is 2. The minimum atomic E-state index is -0.0455.